The molecule has 3 rings (SSSR count). The number of aromatic nitrogens is 1. The molecule has 1 aromatic heterocycles. The first kappa shape index (κ1) is 17.7. The fourth-order valence-electron chi connectivity index (χ4n) is 2.44. The van der Waals surface area contributed by atoms with E-state index in [4.69, 9.17) is 28.9 Å². The summed E-state index contributed by atoms with van der Waals surface area (Å²) in [4.78, 5) is 4.23. The standard InChI is InChI=1S/C18H9BrCl2FN3/c19-9-1-3-11(16(22)5-9)13-7-17(25-18(24)14(13)8-23)12-4-2-10(20)6-15(12)21/h1-7H,(H2,24,25). The van der Waals surface area contributed by atoms with Gasteiger partial charge < -0.3 is 5.73 Å². The predicted octanol–water partition coefficient (Wildman–Crippen LogP) is 6.08. The van der Waals surface area contributed by atoms with Crippen LogP contribution in [0.15, 0.2) is 46.9 Å². The van der Waals surface area contributed by atoms with Crippen LogP contribution in [0.1, 0.15) is 5.56 Å². The number of halogens is 4. The zero-order chi connectivity index (χ0) is 18.1. The predicted molar refractivity (Wildman–Crippen MR) is 102 cm³/mol. The van der Waals surface area contributed by atoms with Crippen LogP contribution in [0, 0.1) is 17.1 Å². The molecule has 3 nitrogen and oxygen atoms in total. The van der Waals surface area contributed by atoms with E-state index in [1.165, 1.54) is 6.07 Å². The molecule has 2 N–H and O–H groups in total. The zero-order valence-electron chi connectivity index (χ0n) is 12.5. The SMILES string of the molecule is N#Cc1c(-c2ccc(Br)cc2F)cc(-c2ccc(Cl)cc2Cl)nc1N. The molecule has 0 amide bonds. The van der Waals surface area contributed by atoms with Gasteiger partial charge in [-0.25, -0.2) is 9.37 Å². The van der Waals surface area contributed by atoms with Crippen molar-refractivity contribution in [3.63, 3.8) is 0 Å². The van der Waals surface area contributed by atoms with Gasteiger partial charge in [-0.05, 0) is 36.4 Å². The average Bonchev–Trinajstić information content (AvgIpc) is 2.54. The third kappa shape index (κ3) is 3.47. The first-order valence-corrected chi connectivity index (χ1v) is 8.57. The molecule has 0 saturated heterocycles. The highest BCUT2D eigenvalue weighted by molar-refractivity contribution is 9.10. The average molecular weight is 437 g/mol. The molecule has 0 aliphatic rings. The Morgan fingerprint density at radius 2 is 1.76 bits per heavy atom. The van der Waals surface area contributed by atoms with E-state index in [1.54, 1.807) is 36.4 Å². The molecule has 0 atom stereocenters. The summed E-state index contributed by atoms with van der Waals surface area (Å²) in [6, 6.07) is 13.1. The van der Waals surface area contributed by atoms with Gasteiger partial charge in [0, 0.05) is 26.2 Å². The Balaban J connectivity index is 2.28. The van der Waals surface area contributed by atoms with E-state index in [0.717, 1.165) is 0 Å². The Bertz CT molecular complexity index is 1030. The van der Waals surface area contributed by atoms with Crippen LogP contribution in [-0.4, -0.2) is 4.98 Å². The van der Waals surface area contributed by atoms with Crippen LogP contribution in [0.3, 0.4) is 0 Å². The lowest BCUT2D eigenvalue weighted by molar-refractivity contribution is 0.630. The highest BCUT2D eigenvalue weighted by atomic mass is 79.9. The molecule has 0 unspecified atom stereocenters. The van der Waals surface area contributed by atoms with Gasteiger partial charge in [0.25, 0.3) is 0 Å². The van der Waals surface area contributed by atoms with Crippen molar-refractivity contribution in [1.82, 2.24) is 4.98 Å². The van der Waals surface area contributed by atoms with Crippen molar-refractivity contribution in [2.24, 2.45) is 0 Å². The Morgan fingerprint density at radius 3 is 2.40 bits per heavy atom. The molecular formula is C18H9BrCl2FN3. The zero-order valence-corrected chi connectivity index (χ0v) is 15.6. The highest BCUT2D eigenvalue weighted by Crippen LogP contribution is 2.36. The number of nitrogens with zero attached hydrogens (tertiary/aromatic N) is 2. The fourth-order valence-corrected chi connectivity index (χ4v) is 3.28. The van der Waals surface area contributed by atoms with Crippen molar-refractivity contribution in [2.75, 3.05) is 5.73 Å². The van der Waals surface area contributed by atoms with Gasteiger partial charge in [0.1, 0.15) is 23.3 Å². The number of nitrogen functional groups attached to an aromatic ring is 1. The van der Waals surface area contributed by atoms with Crippen molar-refractivity contribution in [1.29, 1.82) is 5.26 Å². The molecule has 0 spiro atoms. The number of hydrogen-bond acceptors (Lipinski definition) is 3. The van der Waals surface area contributed by atoms with E-state index >= 15 is 0 Å². The van der Waals surface area contributed by atoms with Gasteiger partial charge in [-0.15, -0.1) is 0 Å². The fraction of sp³-hybridized carbons (Fsp3) is 0. The molecule has 124 valence electrons. The lowest BCUT2D eigenvalue weighted by Gasteiger charge is -2.12. The maximum absolute atomic E-state index is 14.4. The summed E-state index contributed by atoms with van der Waals surface area (Å²) in [7, 11) is 0. The lowest BCUT2D eigenvalue weighted by Crippen LogP contribution is -2.01. The van der Waals surface area contributed by atoms with Gasteiger partial charge in [0.05, 0.1) is 10.7 Å². The summed E-state index contributed by atoms with van der Waals surface area (Å²) in [5.74, 6) is -0.479. The molecule has 0 aliphatic heterocycles. The highest BCUT2D eigenvalue weighted by Gasteiger charge is 2.17. The topological polar surface area (TPSA) is 62.7 Å². The molecule has 0 fully saturated rings. The van der Waals surface area contributed by atoms with Gasteiger partial charge in [0.2, 0.25) is 0 Å². The smallest absolute Gasteiger partial charge is 0.142 e. The number of nitrogens with two attached hydrogens (primary N) is 1. The van der Waals surface area contributed by atoms with Crippen molar-refractivity contribution >= 4 is 44.9 Å². The van der Waals surface area contributed by atoms with Gasteiger partial charge in [0.15, 0.2) is 0 Å². The van der Waals surface area contributed by atoms with Crippen LogP contribution >= 0.6 is 39.1 Å². The van der Waals surface area contributed by atoms with E-state index in [-0.39, 0.29) is 16.9 Å². The van der Waals surface area contributed by atoms with Crippen LogP contribution in [0.25, 0.3) is 22.4 Å². The summed E-state index contributed by atoms with van der Waals surface area (Å²) >= 11 is 15.4. The van der Waals surface area contributed by atoms with Gasteiger partial charge in [-0.2, -0.15) is 5.26 Å². The van der Waals surface area contributed by atoms with Crippen molar-refractivity contribution in [3.05, 3.63) is 68.4 Å². The molecule has 2 aromatic carbocycles. The molecule has 0 aliphatic carbocycles. The number of anilines is 1. The molecule has 0 saturated carbocycles. The summed E-state index contributed by atoms with van der Waals surface area (Å²) in [5, 5.41) is 10.3. The largest absolute Gasteiger partial charge is 0.383 e. The van der Waals surface area contributed by atoms with Gasteiger partial charge >= 0.3 is 0 Å². The minimum atomic E-state index is -0.482. The van der Waals surface area contributed by atoms with E-state index in [0.29, 0.717) is 31.3 Å². The molecular weight excluding hydrogens is 428 g/mol. The van der Waals surface area contributed by atoms with Gasteiger partial charge in [-0.1, -0.05) is 45.2 Å². The minimum Gasteiger partial charge on any atom is -0.383 e. The normalized spacial score (nSPS) is 10.5. The second-order valence-electron chi connectivity index (χ2n) is 5.18. The summed E-state index contributed by atoms with van der Waals surface area (Å²) in [6.45, 7) is 0. The second kappa shape index (κ2) is 7.01. The number of nitriles is 1. The Labute approximate surface area is 162 Å². The molecule has 0 radical (unpaired) electrons. The van der Waals surface area contributed by atoms with E-state index in [9.17, 15) is 9.65 Å². The number of rotatable bonds is 2. The third-order valence-corrected chi connectivity index (χ3v) is 4.63. The van der Waals surface area contributed by atoms with Crippen LogP contribution in [-0.2, 0) is 0 Å². The molecule has 7 heteroatoms. The minimum absolute atomic E-state index is 0.00309. The quantitative estimate of drug-likeness (QED) is 0.529. The monoisotopic (exact) mass is 435 g/mol. The molecule has 0 bridgehead atoms. The van der Waals surface area contributed by atoms with E-state index in [2.05, 4.69) is 20.9 Å². The first-order valence-electron chi connectivity index (χ1n) is 7.02. The third-order valence-electron chi connectivity index (χ3n) is 3.59. The maximum atomic E-state index is 14.4. The Kier molecular flexibility index (Phi) is 4.96. The number of hydrogen-bond donors (Lipinski definition) is 1. The lowest BCUT2D eigenvalue weighted by atomic mass is 9.98. The van der Waals surface area contributed by atoms with Crippen molar-refractivity contribution in [2.45, 2.75) is 0 Å². The second-order valence-corrected chi connectivity index (χ2v) is 6.93. The van der Waals surface area contributed by atoms with Crippen LogP contribution in [0.5, 0.6) is 0 Å². The van der Waals surface area contributed by atoms with E-state index < -0.39 is 5.82 Å². The molecule has 25 heavy (non-hydrogen) atoms. The number of benzene rings is 2. The van der Waals surface area contributed by atoms with Crippen molar-refractivity contribution < 1.29 is 4.39 Å². The maximum Gasteiger partial charge on any atom is 0.142 e. The number of pyridine rings is 1. The Morgan fingerprint density at radius 1 is 1.04 bits per heavy atom. The van der Waals surface area contributed by atoms with Gasteiger partial charge in [-0.3, -0.25) is 0 Å². The summed E-state index contributed by atoms with van der Waals surface area (Å²) in [6.07, 6.45) is 0. The van der Waals surface area contributed by atoms with Crippen molar-refractivity contribution in [3.8, 4) is 28.5 Å². The van der Waals surface area contributed by atoms with E-state index in [1.807, 2.05) is 6.07 Å². The summed E-state index contributed by atoms with van der Waals surface area (Å²) in [5.41, 5.74) is 7.65. The summed E-state index contributed by atoms with van der Waals surface area (Å²) < 4.78 is 15.0. The Hall–Kier alpha value is -2.13. The molecule has 3 aromatic rings. The molecule has 1 heterocycles. The van der Waals surface area contributed by atoms with Crippen LogP contribution in [0.4, 0.5) is 10.2 Å². The van der Waals surface area contributed by atoms with Crippen LogP contribution < -0.4 is 5.73 Å². The van der Waals surface area contributed by atoms with Crippen LogP contribution in [0.2, 0.25) is 10.0 Å². The first-order chi connectivity index (χ1) is 11.9.